The van der Waals surface area contributed by atoms with Crippen LogP contribution < -0.4 is 4.72 Å². The van der Waals surface area contributed by atoms with E-state index in [4.69, 9.17) is 16.7 Å². The molecule has 3 N–H and O–H groups in total. The lowest BCUT2D eigenvalue weighted by Crippen LogP contribution is -2.34. The minimum Gasteiger partial charge on any atom is -0.478 e. The summed E-state index contributed by atoms with van der Waals surface area (Å²) in [4.78, 5) is 10.8. The van der Waals surface area contributed by atoms with Crippen LogP contribution >= 0.6 is 11.6 Å². The minimum atomic E-state index is -4.00. The summed E-state index contributed by atoms with van der Waals surface area (Å²) in [6.45, 7) is 1.09. The van der Waals surface area contributed by atoms with Gasteiger partial charge in [-0.15, -0.1) is 0 Å². The zero-order chi connectivity index (χ0) is 16.2. The Morgan fingerprint density at radius 3 is 2.62 bits per heavy atom. The van der Waals surface area contributed by atoms with Crippen LogP contribution in [0.5, 0.6) is 0 Å². The van der Waals surface area contributed by atoms with Gasteiger partial charge in [-0.05, 0) is 24.6 Å². The van der Waals surface area contributed by atoms with Crippen molar-refractivity contribution in [2.24, 2.45) is 0 Å². The summed E-state index contributed by atoms with van der Waals surface area (Å²) in [5.74, 6) is -1.27. The van der Waals surface area contributed by atoms with Gasteiger partial charge in [0, 0.05) is 18.7 Å². The molecule has 0 saturated carbocycles. The molecule has 0 saturated heterocycles. The van der Waals surface area contributed by atoms with Crippen LogP contribution in [-0.2, 0) is 14.8 Å². The maximum Gasteiger partial charge on any atom is 0.336 e. The number of aliphatic hydroxyl groups excluding tert-OH is 1. The van der Waals surface area contributed by atoms with Crippen molar-refractivity contribution in [3.8, 4) is 0 Å². The molecule has 21 heavy (non-hydrogen) atoms. The number of ether oxygens (including phenoxy) is 1. The minimum absolute atomic E-state index is 0.00388. The van der Waals surface area contributed by atoms with Crippen LogP contribution in [0.1, 0.15) is 15.9 Å². The molecule has 0 aromatic heterocycles. The van der Waals surface area contributed by atoms with Gasteiger partial charge in [-0.3, -0.25) is 0 Å². The van der Waals surface area contributed by atoms with Crippen LogP contribution in [-0.4, -0.2) is 51.0 Å². The Balaban J connectivity index is 3.11. The third-order valence-electron chi connectivity index (χ3n) is 2.71. The van der Waals surface area contributed by atoms with Gasteiger partial charge in [0.2, 0.25) is 10.0 Å². The molecule has 1 aromatic rings. The van der Waals surface area contributed by atoms with E-state index >= 15 is 0 Å². The van der Waals surface area contributed by atoms with Gasteiger partial charge in [0.25, 0.3) is 0 Å². The lowest BCUT2D eigenvalue weighted by molar-refractivity contribution is 0.0678. The number of hydrogen-bond donors (Lipinski definition) is 3. The Kier molecular flexibility index (Phi) is 6.11. The van der Waals surface area contributed by atoms with Crippen LogP contribution in [0.2, 0.25) is 5.02 Å². The zero-order valence-electron chi connectivity index (χ0n) is 11.5. The van der Waals surface area contributed by atoms with Crippen LogP contribution in [0.25, 0.3) is 0 Å². The quantitative estimate of drug-likeness (QED) is 0.672. The first-order valence-electron chi connectivity index (χ1n) is 5.89. The van der Waals surface area contributed by atoms with Crippen molar-refractivity contribution in [2.45, 2.75) is 17.9 Å². The van der Waals surface area contributed by atoms with E-state index in [1.165, 1.54) is 20.1 Å². The van der Waals surface area contributed by atoms with E-state index in [0.29, 0.717) is 0 Å². The number of hydrogen-bond acceptors (Lipinski definition) is 5. The number of halogens is 1. The van der Waals surface area contributed by atoms with E-state index in [0.717, 1.165) is 6.07 Å². The fourth-order valence-corrected chi connectivity index (χ4v) is 3.34. The molecule has 0 radical (unpaired) electrons. The smallest absolute Gasteiger partial charge is 0.336 e. The molecule has 9 heteroatoms. The molecule has 0 bridgehead atoms. The Labute approximate surface area is 127 Å². The maximum atomic E-state index is 12.2. The molecule has 0 fully saturated rings. The molecular weight excluding hydrogens is 322 g/mol. The number of rotatable bonds is 7. The molecule has 0 aliphatic carbocycles. The van der Waals surface area contributed by atoms with Gasteiger partial charge in [-0.1, -0.05) is 11.6 Å². The lowest BCUT2D eigenvalue weighted by atomic mass is 10.1. The Morgan fingerprint density at radius 1 is 1.48 bits per heavy atom. The second-order valence-corrected chi connectivity index (χ2v) is 6.51. The molecule has 1 unspecified atom stereocenters. The molecular formula is C12H16ClNO6S. The molecule has 1 atom stereocenters. The lowest BCUT2D eigenvalue weighted by Gasteiger charge is -2.14. The Bertz CT molecular complexity index is 631. The van der Waals surface area contributed by atoms with Gasteiger partial charge in [-0.2, -0.15) is 0 Å². The summed E-state index contributed by atoms with van der Waals surface area (Å²) in [6, 6.07) is 2.34. The molecule has 0 spiro atoms. The van der Waals surface area contributed by atoms with Gasteiger partial charge in [0.15, 0.2) is 0 Å². The topological polar surface area (TPSA) is 113 Å². The first-order chi connectivity index (χ1) is 9.69. The van der Waals surface area contributed by atoms with E-state index in [1.807, 2.05) is 0 Å². The van der Waals surface area contributed by atoms with Crippen molar-refractivity contribution >= 4 is 27.6 Å². The summed E-state index contributed by atoms with van der Waals surface area (Å²) in [7, 11) is -2.62. The normalized spacial score (nSPS) is 13.1. The fourth-order valence-electron chi connectivity index (χ4n) is 1.69. The standard InChI is InChI=1S/C12H16ClNO6S/c1-7-10(12(16)17)3-8(13)4-11(7)21(18,19)14-5-9(15)6-20-2/h3-4,9,14-15H,5-6H2,1-2H3,(H,16,17). The second-order valence-electron chi connectivity index (χ2n) is 4.34. The number of benzene rings is 1. The summed E-state index contributed by atoms with van der Waals surface area (Å²) in [5, 5.41) is 18.5. The molecule has 0 aliphatic rings. The highest BCUT2D eigenvalue weighted by molar-refractivity contribution is 7.89. The van der Waals surface area contributed by atoms with Crippen molar-refractivity contribution in [2.75, 3.05) is 20.3 Å². The van der Waals surface area contributed by atoms with E-state index < -0.39 is 22.1 Å². The largest absolute Gasteiger partial charge is 0.478 e. The van der Waals surface area contributed by atoms with Crippen molar-refractivity contribution in [1.29, 1.82) is 0 Å². The fraction of sp³-hybridized carbons (Fsp3) is 0.417. The van der Waals surface area contributed by atoms with Crippen LogP contribution in [0.3, 0.4) is 0 Å². The monoisotopic (exact) mass is 337 g/mol. The molecule has 118 valence electrons. The highest BCUT2D eigenvalue weighted by atomic mass is 35.5. The van der Waals surface area contributed by atoms with Crippen LogP contribution in [0, 0.1) is 6.92 Å². The second kappa shape index (κ2) is 7.19. The van der Waals surface area contributed by atoms with E-state index in [-0.39, 0.29) is 34.2 Å². The number of methoxy groups -OCH3 is 1. The number of aliphatic hydroxyl groups is 1. The molecule has 0 aliphatic heterocycles. The third-order valence-corrected chi connectivity index (χ3v) is 4.48. The third kappa shape index (κ3) is 4.65. The number of carbonyl (C=O) groups is 1. The van der Waals surface area contributed by atoms with Crippen molar-refractivity contribution in [3.63, 3.8) is 0 Å². The van der Waals surface area contributed by atoms with Gasteiger partial charge in [0.05, 0.1) is 23.2 Å². The predicted molar refractivity (Wildman–Crippen MR) is 76.2 cm³/mol. The van der Waals surface area contributed by atoms with Crippen molar-refractivity contribution in [3.05, 3.63) is 28.3 Å². The van der Waals surface area contributed by atoms with Crippen molar-refractivity contribution in [1.82, 2.24) is 4.72 Å². The molecule has 1 aromatic carbocycles. The van der Waals surface area contributed by atoms with Crippen LogP contribution in [0.15, 0.2) is 17.0 Å². The van der Waals surface area contributed by atoms with Gasteiger partial charge in [0.1, 0.15) is 0 Å². The average Bonchev–Trinajstić information content (AvgIpc) is 2.39. The Morgan fingerprint density at radius 2 is 2.10 bits per heavy atom. The number of carboxylic acids is 1. The SMILES string of the molecule is COCC(O)CNS(=O)(=O)c1cc(Cl)cc(C(=O)O)c1C. The first-order valence-corrected chi connectivity index (χ1v) is 7.75. The molecule has 1 rings (SSSR count). The zero-order valence-corrected chi connectivity index (χ0v) is 13.0. The van der Waals surface area contributed by atoms with E-state index in [2.05, 4.69) is 9.46 Å². The molecule has 0 heterocycles. The summed E-state index contributed by atoms with van der Waals surface area (Å²) < 4.78 is 31.2. The number of nitrogens with one attached hydrogen (secondary N) is 1. The van der Waals surface area contributed by atoms with E-state index in [9.17, 15) is 18.3 Å². The summed E-state index contributed by atoms with van der Waals surface area (Å²) in [5.41, 5.74) is -0.124. The number of sulfonamides is 1. The first kappa shape index (κ1) is 17.9. The number of carboxylic acid groups (broad SMARTS) is 1. The average molecular weight is 338 g/mol. The van der Waals surface area contributed by atoms with Gasteiger partial charge in [-0.25, -0.2) is 17.9 Å². The maximum absolute atomic E-state index is 12.2. The van der Waals surface area contributed by atoms with Gasteiger partial charge < -0.3 is 14.9 Å². The van der Waals surface area contributed by atoms with E-state index in [1.54, 1.807) is 0 Å². The molecule has 7 nitrogen and oxygen atoms in total. The van der Waals surface area contributed by atoms with Gasteiger partial charge >= 0.3 is 5.97 Å². The predicted octanol–water partition coefficient (Wildman–Crippen LogP) is 0.632. The summed E-state index contributed by atoms with van der Waals surface area (Å²) >= 11 is 5.76. The summed E-state index contributed by atoms with van der Waals surface area (Å²) in [6.07, 6.45) is -1.01. The van der Waals surface area contributed by atoms with Crippen molar-refractivity contribution < 1.29 is 28.2 Å². The highest BCUT2D eigenvalue weighted by Gasteiger charge is 2.22. The van der Waals surface area contributed by atoms with Crippen LogP contribution in [0.4, 0.5) is 0 Å². The Hall–Kier alpha value is -1.19. The number of aromatic carboxylic acids is 1. The highest BCUT2D eigenvalue weighted by Crippen LogP contribution is 2.24. The molecule has 0 amide bonds.